The van der Waals surface area contributed by atoms with Gasteiger partial charge >= 0.3 is 0 Å². The van der Waals surface area contributed by atoms with E-state index < -0.39 is 0 Å². The molecule has 8 nitrogen and oxygen atoms in total. The van der Waals surface area contributed by atoms with Crippen LogP contribution in [0.5, 0.6) is 0 Å². The van der Waals surface area contributed by atoms with Crippen molar-refractivity contribution in [2.24, 2.45) is 23.2 Å². The minimum atomic E-state index is -0.329. The molecule has 0 spiro atoms. The van der Waals surface area contributed by atoms with E-state index in [4.69, 9.17) is 4.52 Å². The Hall–Kier alpha value is -2.38. The van der Waals surface area contributed by atoms with Crippen molar-refractivity contribution < 1.29 is 18.9 Å². The summed E-state index contributed by atoms with van der Waals surface area (Å²) >= 11 is 0. The second-order valence-electron chi connectivity index (χ2n) is 11.3. The second-order valence-corrected chi connectivity index (χ2v) is 11.3. The van der Waals surface area contributed by atoms with Gasteiger partial charge in [-0.25, -0.2) is 0 Å². The Labute approximate surface area is 194 Å². The van der Waals surface area contributed by atoms with Crippen molar-refractivity contribution in [3.05, 3.63) is 17.5 Å². The third-order valence-electron chi connectivity index (χ3n) is 9.01. The molecule has 33 heavy (non-hydrogen) atoms. The van der Waals surface area contributed by atoms with Crippen LogP contribution in [0.1, 0.15) is 67.6 Å². The Morgan fingerprint density at radius 2 is 1.55 bits per heavy atom. The van der Waals surface area contributed by atoms with Gasteiger partial charge in [0.1, 0.15) is 6.04 Å². The van der Waals surface area contributed by atoms with Crippen LogP contribution in [0.3, 0.4) is 0 Å². The van der Waals surface area contributed by atoms with E-state index in [1.807, 2.05) is 9.80 Å². The van der Waals surface area contributed by atoms with Gasteiger partial charge in [-0.15, -0.1) is 0 Å². The Kier molecular flexibility index (Phi) is 5.03. The van der Waals surface area contributed by atoms with E-state index in [1.54, 1.807) is 17.9 Å². The molecule has 1 unspecified atom stereocenters. The largest absolute Gasteiger partial charge is 0.351 e. The van der Waals surface area contributed by atoms with Crippen molar-refractivity contribution >= 4 is 17.7 Å². The van der Waals surface area contributed by atoms with Crippen LogP contribution in [0.25, 0.3) is 0 Å². The van der Waals surface area contributed by atoms with Crippen LogP contribution in [-0.4, -0.2) is 76.3 Å². The third kappa shape index (κ3) is 3.56. The van der Waals surface area contributed by atoms with Crippen LogP contribution >= 0.6 is 0 Å². The van der Waals surface area contributed by atoms with Crippen molar-refractivity contribution in [3.8, 4) is 0 Å². The molecule has 7 rings (SSSR count). The van der Waals surface area contributed by atoms with E-state index in [1.165, 1.54) is 19.3 Å². The number of hydrogen-bond acceptors (Lipinski definition) is 5. The molecule has 2 saturated heterocycles. The number of rotatable bonds is 3. The number of carbonyl (C=O) groups excluding carboxylic acids is 3. The van der Waals surface area contributed by atoms with Gasteiger partial charge in [-0.3, -0.25) is 14.4 Å². The molecule has 3 heterocycles. The van der Waals surface area contributed by atoms with Crippen LogP contribution in [0, 0.1) is 30.1 Å². The first kappa shape index (κ1) is 21.2. The zero-order chi connectivity index (χ0) is 22.7. The molecule has 4 saturated carbocycles. The highest BCUT2D eigenvalue weighted by molar-refractivity contribution is 5.93. The molecule has 1 aromatic heterocycles. The molecule has 0 radical (unpaired) electrons. The lowest BCUT2D eigenvalue weighted by atomic mass is 9.49. The molecule has 1 aromatic rings. The average Bonchev–Trinajstić information content (AvgIpc) is 3.46. The first-order valence-electron chi connectivity index (χ1n) is 12.7. The first-order valence-corrected chi connectivity index (χ1v) is 12.7. The number of likely N-dealkylation sites (tertiary alicyclic amines) is 1. The maximum atomic E-state index is 13.9. The normalized spacial score (nSPS) is 35.4. The number of hydrogen-bond donors (Lipinski definition) is 0. The summed E-state index contributed by atoms with van der Waals surface area (Å²) in [7, 11) is 0. The van der Waals surface area contributed by atoms with Gasteiger partial charge in [0.15, 0.2) is 0 Å². The minimum absolute atomic E-state index is 0.0631. The van der Waals surface area contributed by atoms with Gasteiger partial charge in [0.25, 0.3) is 5.91 Å². The fraction of sp³-hybridized carbons (Fsp3) is 0.760. The lowest BCUT2D eigenvalue weighted by molar-refractivity contribution is -0.162. The predicted octanol–water partition coefficient (Wildman–Crippen LogP) is 2.47. The number of amides is 3. The average molecular weight is 455 g/mol. The maximum absolute atomic E-state index is 13.9. The molecule has 4 aliphatic carbocycles. The molecule has 6 fully saturated rings. The molecule has 2 aliphatic heterocycles. The van der Waals surface area contributed by atoms with Gasteiger partial charge in [0.05, 0.1) is 11.1 Å². The number of aromatic nitrogens is 1. The summed E-state index contributed by atoms with van der Waals surface area (Å²) in [5, 5.41) is 3.80. The second kappa shape index (κ2) is 7.84. The Morgan fingerprint density at radius 3 is 2.12 bits per heavy atom. The summed E-state index contributed by atoms with van der Waals surface area (Å²) in [5.41, 5.74) is 0.481. The Balaban J connectivity index is 1.10. The topological polar surface area (TPSA) is 87.0 Å². The van der Waals surface area contributed by atoms with Gasteiger partial charge in [-0.05, 0) is 76.0 Å². The summed E-state index contributed by atoms with van der Waals surface area (Å²) in [6.07, 6.45) is 8.71. The minimum Gasteiger partial charge on any atom is -0.351 e. The number of aryl methyl sites for hydroxylation is 1. The van der Waals surface area contributed by atoms with Gasteiger partial charge < -0.3 is 19.2 Å². The van der Waals surface area contributed by atoms with E-state index in [-0.39, 0.29) is 34.9 Å². The van der Waals surface area contributed by atoms with Gasteiger partial charge in [-0.1, -0.05) is 5.16 Å². The SMILES string of the molecule is Cc1cc(C(=O)N2CCN(C(=O)C3CCCN3C(=O)C34CC5CC(CC(C5)C3)C4)CC2)on1. The monoisotopic (exact) mass is 454 g/mol. The summed E-state index contributed by atoms with van der Waals surface area (Å²) in [6.45, 7) is 4.43. The summed E-state index contributed by atoms with van der Waals surface area (Å²) in [6, 6.07) is 1.32. The predicted molar refractivity (Wildman–Crippen MR) is 119 cm³/mol. The van der Waals surface area contributed by atoms with Crippen molar-refractivity contribution in [2.75, 3.05) is 32.7 Å². The Bertz CT molecular complexity index is 928. The molecular weight excluding hydrogens is 420 g/mol. The summed E-state index contributed by atoms with van der Waals surface area (Å²) < 4.78 is 5.11. The Morgan fingerprint density at radius 1 is 0.939 bits per heavy atom. The third-order valence-corrected chi connectivity index (χ3v) is 9.01. The molecule has 0 aromatic carbocycles. The molecule has 6 aliphatic rings. The van der Waals surface area contributed by atoms with E-state index in [0.717, 1.165) is 49.9 Å². The van der Waals surface area contributed by atoms with E-state index in [9.17, 15) is 14.4 Å². The van der Waals surface area contributed by atoms with Crippen molar-refractivity contribution in [1.82, 2.24) is 19.9 Å². The fourth-order valence-corrected chi connectivity index (χ4v) is 7.90. The van der Waals surface area contributed by atoms with Gasteiger partial charge in [-0.2, -0.15) is 0 Å². The van der Waals surface area contributed by atoms with Crippen molar-refractivity contribution in [3.63, 3.8) is 0 Å². The first-order chi connectivity index (χ1) is 15.9. The highest BCUT2D eigenvalue weighted by Gasteiger charge is 2.57. The number of carbonyl (C=O) groups is 3. The lowest BCUT2D eigenvalue weighted by Gasteiger charge is -2.56. The molecule has 4 bridgehead atoms. The fourth-order valence-electron chi connectivity index (χ4n) is 7.90. The smallest absolute Gasteiger partial charge is 0.292 e. The van der Waals surface area contributed by atoms with E-state index in [0.29, 0.717) is 38.4 Å². The molecule has 178 valence electrons. The van der Waals surface area contributed by atoms with Crippen LogP contribution in [0.15, 0.2) is 10.6 Å². The van der Waals surface area contributed by atoms with E-state index in [2.05, 4.69) is 5.16 Å². The highest BCUT2D eigenvalue weighted by Crippen LogP contribution is 2.60. The number of piperazine rings is 1. The quantitative estimate of drug-likeness (QED) is 0.700. The van der Waals surface area contributed by atoms with Crippen molar-refractivity contribution in [1.29, 1.82) is 0 Å². The molecule has 1 atom stereocenters. The highest BCUT2D eigenvalue weighted by atomic mass is 16.5. The zero-order valence-corrected chi connectivity index (χ0v) is 19.5. The summed E-state index contributed by atoms with van der Waals surface area (Å²) in [4.78, 5) is 45.5. The molecular formula is C25H34N4O4. The lowest BCUT2D eigenvalue weighted by Crippen LogP contribution is -2.59. The van der Waals surface area contributed by atoms with Crippen molar-refractivity contribution in [2.45, 2.75) is 64.3 Å². The molecule has 3 amide bonds. The molecule has 8 heteroatoms. The van der Waals surface area contributed by atoms with Crippen LogP contribution in [-0.2, 0) is 9.59 Å². The van der Waals surface area contributed by atoms with Gasteiger partial charge in [0.2, 0.25) is 17.6 Å². The van der Waals surface area contributed by atoms with E-state index >= 15 is 0 Å². The van der Waals surface area contributed by atoms with Gasteiger partial charge in [0, 0.05) is 38.8 Å². The van der Waals surface area contributed by atoms with Crippen LogP contribution in [0.4, 0.5) is 0 Å². The number of nitrogens with zero attached hydrogens (tertiary/aromatic N) is 4. The maximum Gasteiger partial charge on any atom is 0.292 e. The van der Waals surface area contributed by atoms with Crippen LogP contribution in [0.2, 0.25) is 0 Å². The van der Waals surface area contributed by atoms with Crippen LogP contribution < -0.4 is 0 Å². The molecule has 0 N–H and O–H groups in total. The zero-order valence-electron chi connectivity index (χ0n) is 19.5. The standard InChI is InChI=1S/C25H34N4O4/c1-16-9-21(33-26-16)23(31)28-7-5-27(6-8-28)22(30)20-3-2-4-29(20)24(32)25-13-17-10-18(14-25)12-19(11-17)15-25/h9,17-20H,2-8,10-15H2,1H3. The summed E-state index contributed by atoms with van der Waals surface area (Å²) in [5.74, 6) is 2.56.